The van der Waals surface area contributed by atoms with Crippen molar-refractivity contribution in [1.29, 1.82) is 0 Å². The second-order valence-electron chi connectivity index (χ2n) is 4.97. The third-order valence-electron chi connectivity index (χ3n) is 3.53. The molecule has 0 saturated carbocycles. The first-order chi connectivity index (χ1) is 10.5. The molecular formula is C15H16N4O2S. The number of ether oxygens (including phenoxy) is 1. The largest absolute Gasteiger partial charge is 0.495 e. The molecule has 1 aromatic carbocycles. The standard InChI is InChI=1S/C15H16N4O2S/c1-9-8-16-19(3)12(9)14(20)17-15-18(2)13-10(21-4)6-5-7-11(13)22-15/h5-8H,1-4H3. The van der Waals surface area contributed by atoms with Crippen LogP contribution in [0.1, 0.15) is 16.1 Å². The third-order valence-corrected chi connectivity index (χ3v) is 4.62. The minimum atomic E-state index is -0.293. The predicted molar refractivity (Wildman–Crippen MR) is 85.2 cm³/mol. The van der Waals surface area contributed by atoms with Gasteiger partial charge in [0.1, 0.15) is 17.0 Å². The monoisotopic (exact) mass is 316 g/mol. The van der Waals surface area contributed by atoms with Gasteiger partial charge < -0.3 is 9.30 Å². The van der Waals surface area contributed by atoms with Gasteiger partial charge in [0, 0.05) is 19.7 Å². The number of fused-ring (bicyclic) bond motifs is 1. The average molecular weight is 316 g/mol. The lowest BCUT2D eigenvalue weighted by Crippen LogP contribution is -2.15. The summed E-state index contributed by atoms with van der Waals surface area (Å²) >= 11 is 1.46. The van der Waals surface area contributed by atoms with E-state index in [4.69, 9.17) is 4.74 Å². The highest BCUT2D eigenvalue weighted by Crippen LogP contribution is 2.26. The Kier molecular flexibility index (Phi) is 3.58. The number of rotatable bonds is 2. The highest BCUT2D eigenvalue weighted by molar-refractivity contribution is 7.16. The summed E-state index contributed by atoms with van der Waals surface area (Å²) in [5, 5.41) is 4.08. The van der Waals surface area contributed by atoms with Gasteiger partial charge in [0.2, 0.25) is 0 Å². The number of hydrogen-bond donors (Lipinski definition) is 0. The summed E-state index contributed by atoms with van der Waals surface area (Å²) < 4.78 is 9.83. The number of amides is 1. The van der Waals surface area contributed by atoms with Crippen LogP contribution in [0.3, 0.4) is 0 Å². The van der Waals surface area contributed by atoms with Gasteiger partial charge >= 0.3 is 0 Å². The maximum Gasteiger partial charge on any atom is 0.298 e. The van der Waals surface area contributed by atoms with Crippen LogP contribution in [-0.4, -0.2) is 27.4 Å². The lowest BCUT2D eigenvalue weighted by Gasteiger charge is -2.03. The molecule has 2 heterocycles. The van der Waals surface area contributed by atoms with E-state index in [0.717, 1.165) is 21.5 Å². The Morgan fingerprint density at radius 3 is 2.77 bits per heavy atom. The van der Waals surface area contributed by atoms with E-state index in [1.54, 1.807) is 25.0 Å². The van der Waals surface area contributed by atoms with Gasteiger partial charge in [-0.15, -0.1) is 0 Å². The van der Waals surface area contributed by atoms with Gasteiger partial charge in [-0.2, -0.15) is 10.1 Å². The second kappa shape index (κ2) is 5.42. The molecule has 7 heteroatoms. The molecule has 0 spiro atoms. The van der Waals surface area contributed by atoms with Crippen LogP contribution in [0.25, 0.3) is 10.2 Å². The number of hydrogen-bond acceptors (Lipinski definition) is 4. The molecule has 0 saturated heterocycles. The lowest BCUT2D eigenvalue weighted by atomic mass is 10.3. The fourth-order valence-electron chi connectivity index (χ4n) is 2.43. The first-order valence-electron chi connectivity index (χ1n) is 6.73. The molecule has 0 unspecified atom stereocenters. The van der Waals surface area contributed by atoms with Gasteiger partial charge in [0.05, 0.1) is 18.0 Å². The fourth-order valence-corrected chi connectivity index (χ4v) is 3.47. The van der Waals surface area contributed by atoms with Crippen molar-refractivity contribution in [3.05, 3.63) is 40.5 Å². The summed E-state index contributed by atoms with van der Waals surface area (Å²) in [6, 6.07) is 5.81. The van der Waals surface area contributed by atoms with Crippen molar-refractivity contribution in [3.8, 4) is 5.75 Å². The maximum atomic E-state index is 12.4. The Morgan fingerprint density at radius 2 is 2.14 bits per heavy atom. The van der Waals surface area contributed by atoms with E-state index in [-0.39, 0.29) is 5.91 Å². The quantitative estimate of drug-likeness (QED) is 0.727. The highest BCUT2D eigenvalue weighted by atomic mass is 32.1. The number of benzene rings is 1. The van der Waals surface area contributed by atoms with E-state index < -0.39 is 0 Å². The van der Waals surface area contributed by atoms with E-state index in [1.165, 1.54) is 11.3 Å². The zero-order valence-corrected chi connectivity index (χ0v) is 13.6. The minimum Gasteiger partial charge on any atom is -0.495 e. The van der Waals surface area contributed by atoms with E-state index >= 15 is 0 Å². The van der Waals surface area contributed by atoms with Crippen molar-refractivity contribution in [1.82, 2.24) is 14.3 Å². The van der Waals surface area contributed by atoms with Crippen LogP contribution < -0.4 is 9.54 Å². The van der Waals surface area contributed by atoms with Crippen LogP contribution in [0.15, 0.2) is 29.4 Å². The minimum absolute atomic E-state index is 0.293. The van der Waals surface area contributed by atoms with Crippen LogP contribution in [0.4, 0.5) is 0 Å². The second-order valence-corrected chi connectivity index (χ2v) is 5.98. The SMILES string of the molecule is COc1cccc2sc(=NC(=O)c3c(C)cnn3C)n(C)c12. The van der Waals surface area contributed by atoms with Crippen molar-refractivity contribution >= 4 is 27.5 Å². The van der Waals surface area contributed by atoms with Gasteiger partial charge in [-0.25, -0.2) is 0 Å². The van der Waals surface area contributed by atoms with Crippen molar-refractivity contribution in [3.63, 3.8) is 0 Å². The fraction of sp³-hybridized carbons (Fsp3) is 0.267. The first-order valence-corrected chi connectivity index (χ1v) is 7.54. The third kappa shape index (κ3) is 2.23. The molecule has 0 aliphatic carbocycles. The first kappa shape index (κ1) is 14.5. The summed E-state index contributed by atoms with van der Waals surface area (Å²) in [4.78, 5) is 17.3. The lowest BCUT2D eigenvalue weighted by molar-refractivity contribution is 0.0988. The number of carbonyl (C=O) groups is 1. The van der Waals surface area contributed by atoms with Crippen LogP contribution in [0, 0.1) is 6.92 Å². The van der Waals surface area contributed by atoms with Gasteiger partial charge in [0.25, 0.3) is 5.91 Å². The topological polar surface area (TPSA) is 61.4 Å². The van der Waals surface area contributed by atoms with Gasteiger partial charge in [-0.05, 0) is 19.1 Å². The predicted octanol–water partition coefficient (Wildman–Crippen LogP) is 2.03. The molecule has 114 valence electrons. The molecule has 0 aliphatic heterocycles. The Bertz CT molecular complexity index is 913. The number of aromatic nitrogens is 3. The van der Waals surface area contributed by atoms with Crippen molar-refractivity contribution in [2.75, 3.05) is 7.11 Å². The van der Waals surface area contributed by atoms with Crippen molar-refractivity contribution in [2.24, 2.45) is 19.1 Å². The zero-order valence-electron chi connectivity index (χ0n) is 12.8. The Hall–Kier alpha value is -2.41. The number of thiazole rings is 1. The Morgan fingerprint density at radius 1 is 1.36 bits per heavy atom. The Balaban J connectivity index is 2.18. The molecule has 22 heavy (non-hydrogen) atoms. The van der Waals surface area contributed by atoms with E-state index in [9.17, 15) is 4.79 Å². The van der Waals surface area contributed by atoms with Gasteiger partial charge in [-0.1, -0.05) is 17.4 Å². The highest BCUT2D eigenvalue weighted by Gasteiger charge is 2.15. The molecule has 3 aromatic rings. The number of methoxy groups -OCH3 is 1. The number of nitrogens with zero attached hydrogens (tertiary/aromatic N) is 4. The van der Waals surface area contributed by atoms with Gasteiger partial charge in [-0.3, -0.25) is 9.48 Å². The molecule has 0 radical (unpaired) electrons. The molecule has 0 bridgehead atoms. The molecular weight excluding hydrogens is 300 g/mol. The van der Waals surface area contributed by atoms with Crippen LogP contribution in [-0.2, 0) is 14.1 Å². The molecule has 3 rings (SSSR count). The summed E-state index contributed by atoms with van der Waals surface area (Å²) in [6.45, 7) is 1.85. The van der Waals surface area contributed by atoms with Crippen LogP contribution >= 0.6 is 11.3 Å². The number of aryl methyl sites for hydroxylation is 3. The molecule has 2 aromatic heterocycles. The zero-order chi connectivity index (χ0) is 15.9. The molecule has 0 atom stereocenters. The van der Waals surface area contributed by atoms with Crippen LogP contribution in [0.2, 0.25) is 0 Å². The summed E-state index contributed by atoms with van der Waals surface area (Å²) in [7, 11) is 5.25. The molecule has 0 aliphatic rings. The van der Waals surface area contributed by atoms with Crippen molar-refractivity contribution < 1.29 is 9.53 Å². The van der Waals surface area contributed by atoms with E-state index in [2.05, 4.69) is 10.1 Å². The summed E-state index contributed by atoms with van der Waals surface area (Å²) in [5.74, 6) is 0.473. The van der Waals surface area contributed by atoms with Gasteiger partial charge in [0.15, 0.2) is 4.80 Å². The molecule has 0 fully saturated rings. The molecule has 1 amide bonds. The van der Waals surface area contributed by atoms with Crippen molar-refractivity contribution in [2.45, 2.75) is 6.92 Å². The Labute approximate surface area is 131 Å². The smallest absolute Gasteiger partial charge is 0.298 e. The number of para-hydroxylation sites is 1. The average Bonchev–Trinajstić information content (AvgIpc) is 2.99. The molecule has 6 nitrogen and oxygen atoms in total. The molecule has 0 N–H and O–H groups in total. The van der Waals surface area contributed by atoms with Crippen LogP contribution in [0.5, 0.6) is 5.75 Å². The summed E-state index contributed by atoms with van der Waals surface area (Å²) in [5.41, 5.74) is 2.25. The summed E-state index contributed by atoms with van der Waals surface area (Å²) in [6.07, 6.45) is 1.66. The normalized spacial score (nSPS) is 12.1. The maximum absolute atomic E-state index is 12.4. The number of carbonyl (C=O) groups excluding carboxylic acids is 1. The van der Waals surface area contributed by atoms with E-state index in [1.807, 2.05) is 36.7 Å². The van der Waals surface area contributed by atoms with E-state index in [0.29, 0.717) is 10.5 Å².